The normalized spacial score (nSPS) is 13.7. The van der Waals surface area contributed by atoms with Crippen LogP contribution in [0.15, 0.2) is 30.3 Å². The Bertz CT molecular complexity index is 412. The van der Waals surface area contributed by atoms with Gasteiger partial charge < -0.3 is 14.2 Å². The van der Waals surface area contributed by atoms with E-state index in [9.17, 15) is 0 Å². The van der Waals surface area contributed by atoms with Gasteiger partial charge in [-0.15, -0.1) is 0 Å². The Morgan fingerprint density at radius 1 is 0.885 bits per heavy atom. The average Bonchev–Trinajstić information content (AvgIpc) is 2.68. The minimum atomic E-state index is -0.631. The fourth-order valence-corrected chi connectivity index (χ4v) is 2.83. The van der Waals surface area contributed by atoms with Crippen molar-refractivity contribution < 1.29 is 24.4 Å². The van der Waals surface area contributed by atoms with E-state index in [1.165, 1.54) is 31.2 Å². The number of hydrogen-bond acceptors (Lipinski definition) is 5. The lowest BCUT2D eigenvalue weighted by Gasteiger charge is -2.21. The molecule has 1 aromatic carbocycles. The topological polar surface area (TPSA) is 57.2 Å². The van der Waals surface area contributed by atoms with Gasteiger partial charge in [-0.3, -0.25) is 0 Å². The van der Waals surface area contributed by atoms with Crippen LogP contribution >= 0.6 is 0 Å². The fraction of sp³-hybridized carbons (Fsp3) is 0.714. The summed E-state index contributed by atoms with van der Waals surface area (Å²) in [5, 5.41) is 9.01. The summed E-state index contributed by atoms with van der Waals surface area (Å²) in [6.07, 6.45) is 8.14. The molecule has 26 heavy (non-hydrogen) atoms. The monoisotopic (exact) mass is 368 g/mol. The number of unbranched alkanes of at least 4 members (excludes halogenated alkanes) is 4. The molecule has 0 fully saturated rings. The van der Waals surface area contributed by atoms with E-state index in [1.54, 1.807) is 7.11 Å². The van der Waals surface area contributed by atoms with E-state index in [1.807, 2.05) is 18.2 Å². The molecule has 0 saturated carbocycles. The standard InChI is InChI=1S/C21H36O5/c1-3-4-5-6-10-13-20(25-18-19-11-8-7-9-12-19)14-15-21(26-22)24-17-16-23-2/h7-9,11-12,20-22H,3-6,10,13-18H2,1-2H3. The van der Waals surface area contributed by atoms with Gasteiger partial charge in [-0.05, 0) is 18.4 Å². The molecule has 150 valence electrons. The van der Waals surface area contributed by atoms with Crippen molar-refractivity contribution in [2.24, 2.45) is 0 Å². The van der Waals surface area contributed by atoms with Gasteiger partial charge in [0.25, 0.3) is 0 Å². The van der Waals surface area contributed by atoms with Crippen LogP contribution in [0, 0.1) is 0 Å². The number of hydrogen-bond donors (Lipinski definition) is 1. The zero-order chi connectivity index (χ0) is 18.9. The van der Waals surface area contributed by atoms with Gasteiger partial charge in [0.1, 0.15) is 0 Å². The maximum Gasteiger partial charge on any atom is 0.191 e. The summed E-state index contributed by atoms with van der Waals surface area (Å²) in [5.41, 5.74) is 1.18. The highest BCUT2D eigenvalue weighted by Crippen LogP contribution is 2.17. The van der Waals surface area contributed by atoms with Crippen molar-refractivity contribution >= 4 is 0 Å². The molecule has 0 aliphatic heterocycles. The van der Waals surface area contributed by atoms with Crippen LogP contribution in [0.1, 0.15) is 63.9 Å². The van der Waals surface area contributed by atoms with E-state index in [0.29, 0.717) is 26.2 Å². The van der Waals surface area contributed by atoms with Crippen LogP contribution in [0.5, 0.6) is 0 Å². The van der Waals surface area contributed by atoms with Gasteiger partial charge in [0.15, 0.2) is 6.29 Å². The third-order valence-electron chi connectivity index (χ3n) is 4.39. The molecule has 0 radical (unpaired) electrons. The summed E-state index contributed by atoms with van der Waals surface area (Å²) in [4.78, 5) is 4.43. The number of ether oxygens (including phenoxy) is 3. The van der Waals surface area contributed by atoms with Crippen molar-refractivity contribution in [1.29, 1.82) is 0 Å². The highest BCUT2D eigenvalue weighted by molar-refractivity contribution is 5.13. The molecule has 2 unspecified atom stereocenters. The molecule has 0 spiro atoms. The minimum Gasteiger partial charge on any atom is -0.382 e. The maximum absolute atomic E-state index is 9.01. The number of methoxy groups -OCH3 is 1. The highest BCUT2D eigenvalue weighted by Gasteiger charge is 2.15. The summed E-state index contributed by atoms with van der Waals surface area (Å²) in [6, 6.07) is 10.2. The van der Waals surface area contributed by atoms with Gasteiger partial charge in [-0.2, -0.15) is 0 Å². The first-order valence-electron chi connectivity index (χ1n) is 9.86. The van der Waals surface area contributed by atoms with Crippen molar-refractivity contribution in [3.8, 4) is 0 Å². The fourth-order valence-electron chi connectivity index (χ4n) is 2.83. The summed E-state index contributed by atoms with van der Waals surface area (Å²) in [5.74, 6) is 0. The highest BCUT2D eigenvalue weighted by atomic mass is 17.1. The molecule has 0 saturated heterocycles. The zero-order valence-corrected chi connectivity index (χ0v) is 16.4. The van der Waals surface area contributed by atoms with Gasteiger partial charge in [0, 0.05) is 13.5 Å². The largest absolute Gasteiger partial charge is 0.382 e. The lowest BCUT2D eigenvalue weighted by Crippen LogP contribution is -2.22. The molecule has 2 atom stereocenters. The van der Waals surface area contributed by atoms with Gasteiger partial charge in [0.2, 0.25) is 0 Å². The molecule has 1 rings (SSSR count). The summed E-state index contributed by atoms with van der Waals surface area (Å²) in [7, 11) is 1.62. The van der Waals surface area contributed by atoms with E-state index in [2.05, 4.69) is 23.9 Å². The van der Waals surface area contributed by atoms with Gasteiger partial charge in [-0.1, -0.05) is 69.4 Å². The van der Waals surface area contributed by atoms with Gasteiger partial charge in [-0.25, -0.2) is 10.1 Å². The lowest BCUT2D eigenvalue weighted by molar-refractivity contribution is -0.349. The maximum atomic E-state index is 9.01. The molecule has 0 heterocycles. The third-order valence-corrected chi connectivity index (χ3v) is 4.39. The predicted octanol–water partition coefficient (Wildman–Crippen LogP) is 5.19. The first kappa shape index (κ1) is 23.1. The smallest absolute Gasteiger partial charge is 0.191 e. The van der Waals surface area contributed by atoms with Crippen LogP contribution in [0.2, 0.25) is 0 Å². The molecule has 0 aliphatic carbocycles. The van der Waals surface area contributed by atoms with Crippen molar-refractivity contribution in [1.82, 2.24) is 0 Å². The Hall–Kier alpha value is -0.980. The Morgan fingerprint density at radius 2 is 1.65 bits per heavy atom. The van der Waals surface area contributed by atoms with E-state index < -0.39 is 6.29 Å². The average molecular weight is 369 g/mol. The molecule has 0 aromatic heterocycles. The summed E-state index contributed by atoms with van der Waals surface area (Å²) >= 11 is 0. The van der Waals surface area contributed by atoms with Crippen molar-refractivity contribution in [3.63, 3.8) is 0 Å². The lowest BCUT2D eigenvalue weighted by atomic mass is 10.0. The van der Waals surface area contributed by atoms with Gasteiger partial charge >= 0.3 is 0 Å². The van der Waals surface area contributed by atoms with Crippen molar-refractivity contribution in [2.45, 2.75) is 77.3 Å². The van der Waals surface area contributed by atoms with Crippen molar-refractivity contribution in [2.75, 3.05) is 20.3 Å². The first-order valence-corrected chi connectivity index (χ1v) is 9.86. The SMILES string of the molecule is CCCCCCCC(CCC(OO)OCCOC)OCc1ccccc1. The first-order chi connectivity index (χ1) is 12.8. The van der Waals surface area contributed by atoms with Crippen LogP contribution in [0.4, 0.5) is 0 Å². The van der Waals surface area contributed by atoms with Gasteiger partial charge in [0.05, 0.1) is 25.9 Å². The van der Waals surface area contributed by atoms with Crippen molar-refractivity contribution in [3.05, 3.63) is 35.9 Å². The number of benzene rings is 1. The number of rotatable bonds is 17. The third kappa shape index (κ3) is 11.6. The molecule has 5 heteroatoms. The summed E-state index contributed by atoms with van der Waals surface area (Å²) < 4.78 is 16.5. The second-order valence-electron chi connectivity index (χ2n) is 6.60. The Labute approximate surface area is 158 Å². The molecule has 0 bridgehead atoms. The van der Waals surface area contributed by atoms with Crippen LogP contribution < -0.4 is 0 Å². The van der Waals surface area contributed by atoms with Crippen LogP contribution in [-0.4, -0.2) is 38.0 Å². The van der Waals surface area contributed by atoms with Crippen LogP contribution in [0.25, 0.3) is 0 Å². The Morgan fingerprint density at radius 3 is 2.35 bits per heavy atom. The quantitative estimate of drug-likeness (QED) is 0.177. The molecule has 0 amide bonds. The second kappa shape index (κ2) is 16.2. The molecule has 1 N–H and O–H groups in total. The molecule has 0 aliphatic rings. The van der Waals surface area contributed by atoms with E-state index >= 15 is 0 Å². The minimum absolute atomic E-state index is 0.139. The van der Waals surface area contributed by atoms with E-state index in [4.69, 9.17) is 19.5 Å². The Balaban J connectivity index is 2.39. The zero-order valence-electron chi connectivity index (χ0n) is 16.4. The predicted molar refractivity (Wildman–Crippen MR) is 103 cm³/mol. The molecule has 5 nitrogen and oxygen atoms in total. The molecular weight excluding hydrogens is 332 g/mol. The van der Waals surface area contributed by atoms with Crippen LogP contribution in [-0.2, 0) is 25.7 Å². The van der Waals surface area contributed by atoms with Crippen LogP contribution in [0.3, 0.4) is 0 Å². The molecule has 1 aromatic rings. The second-order valence-corrected chi connectivity index (χ2v) is 6.60. The summed E-state index contributed by atoms with van der Waals surface area (Å²) in [6.45, 7) is 3.71. The van der Waals surface area contributed by atoms with E-state index in [-0.39, 0.29) is 6.10 Å². The Kier molecular flexibility index (Phi) is 14.4. The molecular formula is C21H36O5. The van der Waals surface area contributed by atoms with E-state index in [0.717, 1.165) is 19.3 Å².